The second-order valence-electron chi connectivity index (χ2n) is 4.28. The van der Waals surface area contributed by atoms with Gasteiger partial charge in [0.05, 0.1) is 13.2 Å². The molecular formula is C18H20O2. The molecule has 0 fully saturated rings. The van der Waals surface area contributed by atoms with Gasteiger partial charge in [0.25, 0.3) is 0 Å². The first-order valence-electron chi connectivity index (χ1n) is 6.97. The largest absolute Gasteiger partial charge is 0.493 e. The van der Waals surface area contributed by atoms with E-state index in [2.05, 4.69) is 0 Å². The van der Waals surface area contributed by atoms with Gasteiger partial charge in [-0.05, 0) is 26.0 Å². The maximum Gasteiger partial charge on any atom is 0.127 e. The minimum absolute atomic E-state index is 0.636. The molecule has 2 aromatic rings. The van der Waals surface area contributed by atoms with Gasteiger partial charge in [-0.3, -0.25) is 0 Å². The minimum atomic E-state index is 0.636. The van der Waals surface area contributed by atoms with Gasteiger partial charge in [-0.1, -0.05) is 48.5 Å². The Hall–Kier alpha value is -2.22. The van der Waals surface area contributed by atoms with Gasteiger partial charge < -0.3 is 9.47 Å². The Balaban J connectivity index is 2.39. The predicted octanol–water partition coefficient (Wildman–Crippen LogP) is 4.62. The quantitative estimate of drug-likeness (QED) is 0.562. The van der Waals surface area contributed by atoms with Crippen LogP contribution >= 0.6 is 0 Å². The lowest BCUT2D eigenvalue weighted by molar-refractivity contribution is 0.300. The van der Waals surface area contributed by atoms with Crippen LogP contribution in [0.3, 0.4) is 0 Å². The molecule has 2 heteroatoms. The minimum Gasteiger partial charge on any atom is -0.493 e. The molecule has 0 amide bonds. The number of rotatable bonds is 6. The summed E-state index contributed by atoms with van der Waals surface area (Å²) in [4.78, 5) is 0. The van der Waals surface area contributed by atoms with Crippen molar-refractivity contribution in [1.29, 1.82) is 0 Å². The highest BCUT2D eigenvalue weighted by atomic mass is 16.5. The molecule has 0 heterocycles. The van der Waals surface area contributed by atoms with Crippen molar-refractivity contribution in [2.75, 3.05) is 13.2 Å². The molecular weight excluding hydrogens is 248 g/mol. The van der Waals surface area contributed by atoms with E-state index in [1.807, 2.05) is 74.5 Å². The molecule has 0 atom stereocenters. The Morgan fingerprint density at radius 1 is 0.900 bits per heavy atom. The Bertz CT molecular complexity index is 559. The van der Waals surface area contributed by atoms with Crippen LogP contribution in [0, 0.1) is 0 Å². The maximum atomic E-state index is 5.77. The van der Waals surface area contributed by atoms with E-state index in [-0.39, 0.29) is 0 Å². The SMILES string of the molecule is CCOC(=Cc1ccccc1OCC)c1ccccc1. The molecule has 0 saturated heterocycles. The van der Waals surface area contributed by atoms with Crippen LogP contribution < -0.4 is 4.74 Å². The van der Waals surface area contributed by atoms with Gasteiger partial charge >= 0.3 is 0 Å². The first-order chi connectivity index (χ1) is 9.85. The molecule has 2 nitrogen and oxygen atoms in total. The molecule has 0 N–H and O–H groups in total. The van der Waals surface area contributed by atoms with Crippen LogP contribution in [0.1, 0.15) is 25.0 Å². The third kappa shape index (κ3) is 3.64. The molecule has 0 spiro atoms. The molecule has 20 heavy (non-hydrogen) atoms. The van der Waals surface area contributed by atoms with Gasteiger partial charge in [-0.15, -0.1) is 0 Å². The van der Waals surface area contributed by atoms with E-state index in [9.17, 15) is 0 Å². The lowest BCUT2D eigenvalue weighted by Gasteiger charge is -2.11. The average Bonchev–Trinajstić information content (AvgIpc) is 2.50. The van der Waals surface area contributed by atoms with Gasteiger partial charge in [0.15, 0.2) is 0 Å². The van der Waals surface area contributed by atoms with E-state index in [0.29, 0.717) is 13.2 Å². The van der Waals surface area contributed by atoms with Crippen LogP contribution in [-0.4, -0.2) is 13.2 Å². The molecule has 0 aliphatic rings. The summed E-state index contributed by atoms with van der Waals surface area (Å²) >= 11 is 0. The van der Waals surface area contributed by atoms with Crippen molar-refractivity contribution in [2.45, 2.75) is 13.8 Å². The van der Waals surface area contributed by atoms with Crippen LogP contribution in [-0.2, 0) is 4.74 Å². The fraction of sp³-hybridized carbons (Fsp3) is 0.222. The van der Waals surface area contributed by atoms with Gasteiger partial charge in [-0.2, -0.15) is 0 Å². The van der Waals surface area contributed by atoms with E-state index < -0.39 is 0 Å². The second kappa shape index (κ2) is 7.39. The maximum absolute atomic E-state index is 5.77. The summed E-state index contributed by atoms with van der Waals surface area (Å²) in [6, 6.07) is 18.1. The summed E-state index contributed by atoms with van der Waals surface area (Å²) in [7, 11) is 0. The van der Waals surface area contributed by atoms with E-state index in [1.54, 1.807) is 0 Å². The number of para-hydroxylation sites is 1. The van der Waals surface area contributed by atoms with E-state index in [1.165, 1.54) is 0 Å². The molecule has 0 radical (unpaired) electrons. The molecule has 0 aromatic heterocycles. The normalized spacial score (nSPS) is 11.2. The summed E-state index contributed by atoms with van der Waals surface area (Å²) in [6.45, 7) is 5.27. The standard InChI is InChI=1S/C18H20O2/c1-3-19-17-13-9-8-12-16(17)14-18(20-4-2)15-10-6-5-7-11-15/h5-14H,3-4H2,1-2H3. The van der Waals surface area contributed by atoms with Gasteiger partial charge in [0.2, 0.25) is 0 Å². The average molecular weight is 268 g/mol. The molecule has 2 aromatic carbocycles. The monoisotopic (exact) mass is 268 g/mol. The van der Waals surface area contributed by atoms with Crippen LogP contribution in [0.2, 0.25) is 0 Å². The first-order valence-corrected chi connectivity index (χ1v) is 6.97. The number of hydrogen-bond donors (Lipinski definition) is 0. The fourth-order valence-corrected chi connectivity index (χ4v) is 1.99. The predicted molar refractivity (Wildman–Crippen MR) is 83.6 cm³/mol. The third-order valence-electron chi connectivity index (χ3n) is 2.86. The molecule has 2 rings (SSSR count). The van der Waals surface area contributed by atoms with Crippen molar-refractivity contribution in [3.05, 3.63) is 65.7 Å². The Morgan fingerprint density at radius 3 is 2.30 bits per heavy atom. The Labute approximate surface area is 120 Å². The third-order valence-corrected chi connectivity index (χ3v) is 2.86. The molecule has 0 aliphatic carbocycles. The van der Waals surface area contributed by atoms with Crippen molar-refractivity contribution in [3.8, 4) is 5.75 Å². The lowest BCUT2D eigenvalue weighted by Crippen LogP contribution is -1.95. The highest BCUT2D eigenvalue weighted by Gasteiger charge is 2.05. The summed E-state index contributed by atoms with van der Waals surface area (Å²) in [5.74, 6) is 1.74. The van der Waals surface area contributed by atoms with Crippen molar-refractivity contribution in [3.63, 3.8) is 0 Å². The zero-order valence-electron chi connectivity index (χ0n) is 12.0. The van der Waals surface area contributed by atoms with Crippen molar-refractivity contribution in [2.24, 2.45) is 0 Å². The van der Waals surface area contributed by atoms with Gasteiger partial charge in [0, 0.05) is 11.1 Å². The zero-order valence-corrected chi connectivity index (χ0v) is 12.0. The summed E-state index contributed by atoms with van der Waals surface area (Å²) in [5.41, 5.74) is 2.10. The molecule has 0 saturated carbocycles. The van der Waals surface area contributed by atoms with E-state index >= 15 is 0 Å². The van der Waals surface area contributed by atoms with Crippen LogP contribution in [0.25, 0.3) is 11.8 Å². The number of ether oxygens (including phenoxy) is 2. The van der Waals surface area contributed by atoms with E-state index in [0.717, 1.165) is 22.6 Å². The topological polar surface area (TPSA) is 18.5 Å². The Morgan fingerprint density at radius 2 is 1.60 bits per heavy atom. The first kappa shape index (κ1) is 14.2. The second-order valence-corrected chi connectivity index (χ2v) is 4.28. The van der Waals surface area contributed by atoms with Crippen molar-refractivity contribution in [1.82, 2.24) is 0 Å². The zero-order chi connectivity index (χ0) is 14.2. The Kier molecular flexibility index (Phi) is 5.24. The smallest absolute Gasteiger partial charge is 0.127 e. The molecule has 0 unspecified atom stereocenters. The summed E-state index contributed by atoms with van der Waals surface area (Å²) in [5, 5.41) is 0. The van der Waals surface area contributed by atoms with Crippen molar-refractivity contribution < 1.29 is 9.47 Å². The highest BCUT2D eigenvalue weighted by Crippen LogP contribution is 2.25. The molecule has 0 aliphatic heterocycles. The highest BCUT2D eigenvalue weighted by molar-refractivity contribution is 5.79. The van der Waals surface area contributed by atoms with Gasteiger partial charge in [0.1, 0.15) is 11.5 Å². The fourth-order valence-electron chi connectivity index (χ4n) is 1.99. The van der Waals surface area contributed by atoms with Crippen LogP contribution in [0.5, 0.6) is 5.75 Å². The van der Waals surface area contributed by atoms with Gasteiger partial charge in [-0.25, -0.2) is 0 Å². The van der Waals surface area contributed by atoms with Crippen LogP contribution in [0.15, 0.2) is 54.6 Å². The number of benzene rings is 2. The van der Waals surface area contributed by atoms with E-state index in [4.69, 9.17) is 9.47 Å². The molecule has 0 bridgehead atoms. The summed E-state index contributed by atoms with van der Waals surface area (Å²) < 4.78 is 11.4. The lowest BCUT2D eigenvalue weighted by atomic mass is 10.1. The number of hydrogen-bond acceptors (Lipinski definition) is 2. The summed E-state index contributed by atoms with van der Waals surface area (Å²) in [6.07, 6.45) is 2.03. The molecule has 104 valence electrons. The van der Waals surface area contributed by atoms with Crippen molar-refractivity contribution >= 4 is 11.8 Å². The van der Waals surface area contributed by atoms with Crippen LogP contribution in [0.4, 0.5) is 0 Å².